The van der Waals surface area contributed by atoms with Crippen LogP contribution in [0, 0.1) is 5.92 Å². The molecule has 1 saturated heterocycles. The van der Waals surface area contributed by atoms with E-state index in [4.69, 9.17) is 5.73 Å². The molecule has 3 heterocycles. The topological polar surface area (TPSA) is 113 Å². The normalized spacial score (nSPS) is 26.2. The first-order valence-electron chi connectivity index (χ1n) is 7.66. The third-order valence-corrected chi connectivity index (χ3v) is 5.84. The number of carbonyl (C=O) groups is 3. The summed E-state index contributed by atoms with van der Waals surface area (Å²) in [6, 6.07) is 0. The van der Waals surface area contributed by atoms with Crippen LogP contribution in [0.25, 0.3) is 0 Å². The Morgan fingerprint density at radius 2 is 2.17 bits per heavy atom. The van der Waals surface area contributed by atoms with Gasteiger partial charge in [-0.25, -0.2) is 4.79 Å². The van der Waals surface area contributed by atoms with Crippen LogP contribution in [0.3, 0.4) is 0 Å². The Balaban J connectivity index is 2.06. The van der Waals surface area contributed by atoms with Crippen LogP contribution in [0.4, 0.5) is 0 Å². The molecule has 3 rings (SSSR count). The zero-order valence-electron chi connectivity index (χ0n) is 12.8. The van der Waals surface area contributed by atoms with E-state index in [9.17, 15) is 19.5 Å². The van der Waals surface area contributed by atoms with Gasteiger partial charge < -0.3 is 21.1 Å². The van der Waals surface area contributed by atoms with Gasteiger partial charge in [0.15, 0.2) is 0 Å². The quantitative estimate of drug-likeness (QED) is 0.642. The van der Waals surface area contributed by atoms with Crippen LogP contribution in [0.2, 0.25) is 0 Å². The molecule has 8 heteroatoms. The van der Waals surface area contributed by atoms with E-state index in [1.165, 1.54) is 11.8 Å². The number of nitrogens with one attached hydrogen (secondary N) is 1. The fourth-order valence-corrected chi connectivity index (χ4v) is 5.20. The molecule has 2 atom stereocenters. The van der Waals surface area contributed by atoms with Crippen molar-refractivity contribution in [2.75, 3.05) is 13.1 Å². The van der Waals surface area contributed by atoms with Gasteiger partial charge in [-0.3, -0.25) is 9.59 Å². The van der Waals surface area contributed by atoms with Gasteiger partial charge in [0.1, 0.15) is 5.37 Å². The van der Waals surface area contributed by atoms with Crippen molar-refractivity contribution in [1.82, 2.24) is 10.2 Å². The first kappa shape index (κ1) is 15.9. The van der Waals surface area contributed by atoms with Gasteiger partial charge in [-0.1, -0.05) is 18.7 Å². The number of amides is 2. The number of hydrogen-bond acceptors (Lipinski definition) is 5. The molecule has 124 valence electrons. The number of carbonyl (C=O) groups excluding carboxylic acids is 2. The summed E-state index contributed by atoms with van der Waals surface area (Å²) in [6.45, 7) is 3.86. The molecule has 0 spiro atoms. The molecule has 7 nitrogen and oxygen atoms in total. The summed E-state index contributed by atoms with van der Waals surface area (Å²) < 4.78 is 0. The average molecular weight is 337 g/mol. The Hall–Kier alpha value is -1.96. The Kier molecular flexibility index (Phi) is 4.09. The van der Waals surface area contributed by atoms with Crippen LogP contribution >= 0.6 is 11.8 Å². The lowest BCUT2D eigenvalue weighted by atomic mass is 9.83. The molecular formula is C15H19N3O4S. The monoisotopic (exact) mass is 337 g/mol. The van der Waals surface area contributed by atoms with Crippen molar-refractivity contribution in [2.24, 2.45) is 11.7 Å². The second kappa shape index (κ2) is 5.92. The van der Waals surface area contributed by atoms with Crippen molar-refractivity contribution in [3.8, 4) is 0 Å². The van der Waals surface area contributed by atoms with E-state index in [-0.39, 0.29) is 11.5 Å². The lowest BCUT2D eigenvalue weighted by Crippen LogP contribution is -2.42. The number of primary amides is 1. The smallest absolute Gasteiger partial charge is 0.334 e. The third kappa shape index (κ3) is 2.60. The Bertz CT molecular complexity index is 655. The van der Waals surface area contributed by atoms with Crippen molar-refractivity contribution >= 4 is 29.5 Å². The molecule has 3 aliphatic heterocycles. The first-order valence-corrected chi connectivity index (χ1v) is 8.54. The van der Waals surface area contributed by atoms with E-state index in [1.807, 2.05) is 6.92 Å². The summed E-state index contributed by atoms with van der Waals surface area (Å²) in [6.07, 6.45) is 2.78. The molecule has 0 radical (unpaired) electrons. The second-order valence-corrected chi connectivity index (χ2v) is 7.00. The maximum Gasteiger partial charge on any atom is 0.334 e. The predicted molar refractivity (Wildman–Crippen MR) is 85.0 cm³/mol. The molecule has 2 bridgehead atoms. The Labute approximate surface area is 138 Å². The highest BCUT2D eigenvalue weighted by molar-refractivity contribution is 8.04. The van der Waals surface area contributed by atoms with E-state index < -0.39 is 23.2 Å². The minimum Gasteiger partial charge on any atom is -0.478 e. The third-order valence-electron chi connectivity index (χ3n) is 4.56. The summed E-state index contributed by atoms with van der Waals surface area (Å²) in [7, 11) is 0. The fourth-order valence-electron chi connectivity index (χ4n) is 3.64. The Morgan fingerprint density at radius 1 is 1.43 bits per heavy atom. The molecule has 2 amide bonds. The lowest BCUT2D eigenvalue weighted by molar-refractivity contribution is -0.137. The van der Waals surface area contributed by atoms with Crippen molar-refractivity contribution in [3.05, 3.63) is 21.7 Å². The zero-order valence-corrected chi connectivity index (χ0v) is 13.6. The number of fused-ring (bicyclic) bond motifs is 4. The number of piperidine rings is 1. The molecule has 0 aromatic carbocycles. The number of rotatable bonds is 3. The fraction of sp³-hybridized carbons (Fsp3) is 0.533. The molecule has 0 saturated carbocycles. The maximum absolute atomic E-state index is 11.8. The van der Waals surface area contributed by atoms with Gasteiger partial charge >= 0.3 is 17.8 Å². The van der Waals surface area contributed by atoms with Gasteiger partial charge in [-0.05, 0) is 24.8 Å². The standard InChI is InChI=1S/C15H19N3O4S/c1-2-8-11-9(7-4-3-5-18(8)6-7)10(15(21)22)14(23-11)17-13(20)12(16)19/h7,14H,2-6H2,1H3,(H2,16,19)(H,17,20)(H,21,22). The molecule has 0 aliphatic carbocycles. The molecule has 1 fully saturated rings. The van der Waals surface area contributed by atoms with Crippen LogP contribution in [-0.2, 0) is 14.4 Å². The molecule has 3 aliphatic rings. The van der Waals surface area contributed by atoms with E-state index in [1.54, 1.807) is 0 Å². The number of nitrogens with zero attached hydrogens (tertiary/aromatic N) is 1. The van der Waals surface area contributed by atoms with Crippen LogP contribution in [-0.4, -0.2) is 46.3 Å². The summed E-state index contributed by atoms with van der Waals surface area (Å²) in [5, 5.41) is 11.3. The highest BCUT2D eigenvalue weighted by Crippen LogP contribution is 2.52. The molecule has 23 heavy (non-hydrogen) atoms. The predicted octanol–water partition coefficient (Wildman–Crippen LogP) is 0.389. The van der Waals surface area contributed by atoms with Gasteiger partial charge in [-0.15, -0.1) is 0 Å². The molecule has 0 aromatic heterocycles. The highest BCUT2D eigenvalue weighted by atomic mass is 32.2. The van der Waals surface area contributed by atoms with Crippen LogP contribution in [0.5, 0.6) is 0 Å². The van der Waals surface area contributed by atoms with Gasteiger partial charge in [0, 0.05) is 29.6 Å². The minimum absolute atomic E-state index is 0.170. The average Bonchev–Trinajstić information content (AvgIpc) is 2.87. The maximum atomic E-state index is 11.8. The second-order valence-electron chi connectivity index (χ2n) is 5.88. The number of carboxylic acids is 1. The molecule has 4 N–H and O–H groups in total. The molecule has 2 unspecified atom stereocenters. The number of aliphatic carboxylic acids is 1. The number of hydrogen-bond donors (Lipinski definition) is 3. The van der Waals surface area contributed by atoms with Crippen LogP contribution in [0.1, 0.15) is 26.2 Å². The van der Waals surface area contributed by atoms with Gasteiger partial charge in [0.2, 0.25) is 0 Å². The lowest BCUT2D eigenvalue weighted by Gasteiger charge is -2.42. The van der Waals surface area contributed by atoms with Gasteiger partial charge in [0.25, 0.3) is 0 Å². The van der Waals surface area contributed by atoms with E-state index >= 15 is 0 Å². The number of allylic oxidation sites excluding steroid dienone is 2. The summed E-state index contributed by atoms with van der Waals surface area (Å²) in [4.78, 5) is 37.7. The van der Waals surface area contributed by atoms with E-state index in [0.717, 1.165) is 48.5 Å². The van der Waals surface area contributed by atoms with Crippen molar-refractivity contribution in [1.29, 1.82) is 0 Å². The van der Waals surface area contributed by atoms with Crippen LogP contribution < -0.4 is 11.1 Å². The van der Waals surface area contributed by atoms with Crippen LogP contribution in [0.15, 0.2) is 21.7 Å². The molecular weight excluding hydrogens is 318 g/mol. The van der Waals surface area contributed by atoms with E-state index in [0.29, 0.717) is 0 Å². The minimum atomic E-state index is -1.11. The van der Waals surface area contributed by atoms with Crippen molar-refractivity contribution < 1.29 is 19.5 Å². The van der Waals surface area contributed by atoms with Gasteiger partial charge in [-0.2, -0.15) is 0 Å². The highest BCUT2D eigenvalue weighted by Gasteiger charge is 2.44. The Morgan fingerprint density at radius 3 is 2.78 bits per heavy atom. The van der Waals surface area contributed by atoms with Crippen molar-refractivity contribution in [2.45, 2.75) is 31.6 Å². The zero-order chi connectivity index (χ0) is 16.7. The van der Waals surface area contributed by atoms with Gasteiger partial charge in [0.05, 0.1) is 5.57 Å². The summed E-state index contributed by atoms with van der Waals surface area (Å²) >= 11 is 1.31. The first-order chi connectivity index (χ1) is 10.9. The largest absolute Gasteiger partial charge is 0.478 e. The number of thioether (sulfide) groups is 1. The van der Waals surface area contributed by atoms with Crippen molar-refractivity contribution in [3.63, 3.8) is 0 Å². The summed E-state index contributed by atoms with van der Waals surface area (Å²) in [5.74, 6) is -2.94. The number of nitrogens with two attached hydrogens (primary N) is 1. The number of carboxylic acid groups (broad SMARTS) is 1. The van der Waals surface area contributed by atoms with E-state index in [2.05, 4.69) is 10.2 Å². The molecule has 0 aromatic rings. The SMILES string of the molecule is CCC1=C2SC(NC(=O)C(N)=O)C(C(=O)O)=C2C2CCCN1C2. The summed E-state index contributed by atoms with van der Waals surface area (Å²) in [5.41, 5.74) is 7.14.